The van der Waals surface area contributed by atoms with E-state index in [0.717, 1.165) is 33.3 Å². The summed E-state index contributed by atoms with van der Waals surface area (Å²) in [6.45, 7) is 4.37. The summed E-state index contributed by atoms with van der Waals surface area (Å²) in [5.41, 5.74) is 5.74. The molecule has 0 radical (unpaired) electrons. The number of nitrogens with zero attached hydrogens (tertiary/aromatic N) is 2. The van der Waals surface area contributed by atoms with Crippen LogP contribution in [0.3, 0.4) is 0 Å². The summed E-state index contributed by atoms with van der Waals surface area (Å²) in [6, 6.07) is 14.1. The average molecular weight is 288 g/mol. The Kier molecular flexibility index (Phi) is 2.93. The van der Waals surface area contributed by atoms with Crippen molar-refractivity contribution in [3.63, 3.8) is 0 Å². The van der Waals surface area contributed by atoms with E-state index in [1.807, 2.05) is 42.7 Å². The molecule has 0 spiro atoms. The molecule has 0 saturated heterocycles. The third kappa shape index (κ3) is 1.98. The molecule has 0 unspecified atom stereocenters. The molecule has 0 fully saturated rings. The van der Waals surface area contributed by atoms with Crippen molar-refractivity contribution in [1.29, 1.82) is 0 Å². The SMILES string of the molecule is CC(C)c1ccnc(-c2ccnc3c2oc2ccccc23)c1. The van der Waals surface area contributed by atoms with Crippen LogP contribution in [-0.4, -0.2) is 9.97 Å². The highest BCUT2D eigenvalue weighted by atomic mass is 16.3. The van der Waals surface area contributed by atoms with E-state index >= 15 is 0 Å². The predicted octanol–water partition coefficient (Wildman–Crippen LogP) is 5.17. The monoisotopic (exact) mass is 288 g/mol. The molecule has 4 aromatic rings. The van der Waals surface area contributed by atoms with Gasteiger partial charge in [0.15, 0.2) is 5.58 Å². The third-order valence-electron chi connectivity index (χ3n) is 3.99. The Bertz CT molecular complexity index is 969. The van der Waals surface area contributed by atoms with Crippen LogP contribution < -0.4 is 0 Å². The lowest BCUT2D eigenvalue weighted by Gasteiger charge is -2.07. The fourth-order valence-corrected chi connectivity index (χ4v) is 2.76. The fourth-order valence-electron chi connectivity index (χ4n) is 2.76. The minimum absolute atomic E-state index is 0.467. The fraction of sp³-hybridized carbons (Fsp3) is 0.158. The number of benzene rings is 1. The first-order valence-electron chi connectivity index (χ1n) is 7.46. The summed E-state index contributed by atoms with van der Waals surface area (Å²) < 4.78 is 6.04. The lowest BCUT2D eigenvalue weighted by molar-refractivity contribution is 0.669. The van der Waals surface area contributed by atoms with Crippen molar-refractivity contribution in [3.8, 4) is 11.3 Å². The molecule has 3 heteroatoms. The van der Waals surface area contributed by atoms with Crippen LogP contribution in [0.5, 0.6) is 0 Å². The maximum absolute atomic E-state index is 6.04. The Morgan fingerprint density at radius 1 is 0.955 bits per heavy atom. The van der Waals surface area contributed by atoms with Crippen LogP contribution in [-0.2, 0) is 0 Å². The second-order valence-corrected chi connectivity index (χ2v) is 5.76. The van der Waals surface area contributed by atoms with Crippen molar-refractivity contribution in [2.75, 3.05) is 0 Å². The molecule has 0 aliphatic rings. The zero-order valence-corrected chi connectivity index (χ0v) is 12.6. The average Bonchev–Trinajstić information content (AvgIpc) is 2.93. The molecular formula is C19H16N2O. The van der Waals surface area contributed by atoms with Crippen molar-refractivity contribution in [2.45, 2.75) is 19.8 Å². The standard InChI is InChI=1S/C19H16N2O/c1-12(2)13-7-9-20-16(11-13)14-8-10-21-18-15-5-3-4-6-17(15)22-19(14)18/h3-12H,1-2H3. The second kappa shape index (κ2) is 4.95. The van der Waals surface area contributed by atoms with Crippen LogP contribution in [0.15, 0.2) is 59.3 Å². The van der Waals surface area contributed by atoms with E-state index in [1.165, 1.54) is 5.56 Å². The number of pyridine rings is 2. The zero-order chi connectivity index (χ0) is 15.1. The van der Waals surface area contributed by atoms with Crippen molar-refractivity contribution in [3.05, 3.63) is 60.4 Å². The van der Waals surface area contributed by atoms with E-state index in [2.05, 4.69) is 35.9 Å². The largest absolute Gasteiger partial charge is 0.454 e. The quantitative estimate of drug-likeness (QED) is 0.511. The minimum Gasteiger partial charge on any atom is -0.454 e. The first-order chi connectivity index (χ1) is 10.7. The van der Waals surface area contributed by atoms with Gasteiger partial charge in [0.2, 0.25) is 0 Å². The van der Waals surface area contributed by atoms with E-state index in [1.54, 1.807) is 0 Å². The van der Waals surface area contributed by atoms with Crippen LogP contribution >= 0.6 is 0 Å². The Hall–Kier alpha value is -2.68. The van der Waals surface area contributed by atoms with Gasteiger partial charge >= 0.3 is 0 Å². The topological polar surface area (TPSA) is 38.9 Å². The van der Waals surface area contributed by atoms with Gasteiger partial charge in [0.25, 0.3) is 0 Å². The van der Waals surface area contributed by atoms with Gasteiger partial charge in [0.1, 0.15) is 11.1 Å². The summed E-state index contributed by atoms with van der Waals surface area (Å²) >= 11 is 0. The molecule has 0 aliphatic heterocycles. The maximum Gasteiger partial charge on any atom is 0.163 e. The molecule has 4 rings (SSSR count). The van der Waals surface area contributed by atoms with E-state index < -0.39 is 0 Å². The molecule has 0 saturated carbocycles. The molecule has 1 aromatic carbocycles. The van der Waals surface area contributed by atoms with Crippen LogP contribution in [0.25, 0.3) is 33.3 Å². The number of para-hydroxylation sites is 1. The Balaban J connectivity index is 2.01. The first-order valence-corrected chi connectivity index (χ1v) is 7.46. The summed E-state index contributed by atoms with van der Waals surface area (Å²) in [5.74, 6) is 0.467. The van der Waals surface area contributed by atoms with Gasteiger partial charge in [-0.15, -0.1) is 0 Å². The van der Waals surface area contributed by atoms with Crippen LogP contribution in [0.2, 0.25) is 0 Å². The number of rotatable bonds is 2. The summed E-state index contributed by atoms with van der Waals surface area (Å²) in [7, 11) is 0. The molecule has 0 aliphatic carbocycles. The third-order valence-corrected chi connectivity index (χ3v) is 3.99. The zero-order valence-electron chi connectivity index (χ0n) is 12.6. The predicted molar refractivity (Wildman–Crippen MR) is 88.8 cm³/mol. The van der Waals surface area contributed by atoms with Gasteiger partial charge < -0.3 is 4.42 Å². The number of aromatic nitrogens is 2. The molecule has 0 amide bonds. The molecule has 3 heterocycles. The smallest absolute Gasteiger partial charge is 0.163 e. The van der Waals surface area contributed by atoms with Gasteiger partial charge in [-0.25, -0.2) is 0 Å². The Labute approximate surface area is 128 Å². The van der Waals surface area contributed by atoms with E-state index in [4.69, 9.17) is 4.42 Å². The van der Waals surface area contributed by atoms with Gasteiger partial charge in [0.05, 0.1) is 5.69 Å². The van der Waals surface area contributed by atoms with Crippen molar-refractivity contribution < 1.29 is 4.42 Å². The molecule has 0 atom stereocenters. The summed E-state index contributed by atoms with van der Waals surface area (Å²) in [6.07, 6.45) is 3.68. The second-order valence-electron chi connectivity index (χ2n) is 5.76. The summed E-state index contributed by atoms with van der Waals surface area (Å²) in [5, 5.41) is 1.04. The Morgan fingerprint density at radius 3 is 2.64 bits per heavy atom. The highest BCUT2D eigenvalue weighted by Crippen LogP contribution is 2.34. The number of fused-ring (bicyclic) bond motifs is 3. The van der Waals surface area contributed by atoms with Gasteiger partial charge in [0, 0.05) is 23.3 Å². The highest BCUT2D eigenvalue weighted by Gasteiger charge is 2.14. The molecule has 22 heavy (non-hydrogen) atoms. The van der Waals surface area contributed by atoms with Gasteiger partial charge in [-0.3, -0.25) is 9.97 Å². The molecule has 3 nitrogen and oxygen atoms in total. The minimum atomic E-state index is 0.467. The molecule has 0 bridgehead atoms. The van der Waals surface area contributed by atoms with Crippen molar-refractivity contribution in [1.82, 2.24) is 9.97 Å². The van der Waals surface area contributed by atoms with Gasteiger partial charge in [-0.1, -0.05) is 26.0 Å². The van der Waals surface area contributed by atoms with Gasteiger partial charge in [-0.05, 0) is 41.8 Å². The van der Waals surface area contributed by atoms with Gasteiger partial charge in [-0.2, -0.15) is 0 Å². The lowest BCUT2D eigenvalue weighted by Crippen LogP contribution is -1.91. The van der Waals surface area contributed by atoms with Crippen LogP contribution in [0.4, 0.5) is 0 Å². The highest BCUT2D eigenvalue weighted by molar-refractivity contribution is 6.06. The van der Waals surface area contributed by atoms with Crippen molar-refractivity contribution in [2.24, 2.45) is 0 Å². The van der Waals surface area contributed by atoms with E-state index in [0.29, 0.717) is 5.92 Å². The first kappa shape index (κ1) is 13.0. The lowest BCUT2D eigenvalue weighted by atomic mass is 10.0. The molecule has 3 aromatic heterocycles. The van der Waals surface area contributed by atoms with E-state index in [-0.39, 0.29) is 0 Å². The number of hydrogen-bond acceptors (Lipinski definition) is 3. The molecular weight excluding hydrogens is 272 g/mol. The molecule has 0 N–H and O–H groups in total. The summed E-state index contributed by atoms with van der Waals surface area (Å²) in [4.78, 5) is 9.02. The Morgan fingerprint density at radius 2 is 1.77 bits per heavy atom. The van der Waals surface area contributed by atoms with Crippen molar-refractivity contribution >= 4 is 22.1 Å². The van der Waals surface area contributed by atoms with Crippen LogP contribution in [0.1, 0.15) is 25.3 Å². The molecule has 108 valence electrons. The maximum atomic E-state index is 6.04. The van der Waals surface area contributed by atoms with E-state index in [9.17, 15) is 0 Å². The normalized spacial score (nSPS) is 11.6. The van der Waals surface area contributed by atoms with Crippen LogP contribution in [0, 0.1) is 0 Å². The number of hydrogen-bond donors (Lipinski definition) is 0. The number of furan rings is 1.